The highest BCUT2D eigenvalue weighted by atomic mass is 35.5. The monoisotopic (exact) mass is 282 g/mol. The van der Waals surface area contributed by atoms with Gasteiger partial charge in [-0.25, -0.2) is 4.98 Å². The number of nitrogen functional groups attached to an aromatic ring is 1. The van der Waals surface area contributed by atoms with E-state index >= 15 is 0 Å². The largest absolute Gasteiger partial charge is 0.384 e. The van der Waals surface area contributed by atoms with E-state index in [0.717, 1.165) is 24.7 Å². The van der Waals surface area contributed by atoms with E-state index in [4.69, 9.17) is 17.3 Å². The predicted molar refractivity (Wildman–Crippen MR) is 80.2 cm³/mol. The van der Waals surface area contributed by atoms with E-state index in [-0.39, 0.29) is 0 Å². The van der Waals surface area contributed by atoms with Gasteiger partial charge in [-0.15, -0.1) is 0 Å². The maximum Gasteiger partial charge on any atom is 0.123 e. The van der Waals surface area contributed by atoms with Crippen LogP contribution < -0.4 is 5.73 Å². The van der Waals surface area contributed by atoms with Crippen LogP contribution in [0.2, 0.25) is 5.02 Å². The van der Waals surface area contributed by atoms with Crippen LogP contribution in [0.4, 0.5) is 5.82 Å². The van der Waals surface area contributed by atoms with Crippen molar-refractivity contribution in [1.82, 2.24) is 14.8 Å². The summed E-state index contributed by atoms with van der Waals surface area (Å²) >= 11 is 6.15. The van der Waals surface area contributed by atoms with Gasteiger partial charge in [-0.1, -0.05) is 11.6 Å². The lowest BCUT2D eigenvalue weighted by atomic mass is 9.96. The molecule has 1 aliphatic rings. The number of piperidine rings is 1. The number of nitrogens with two attached hydrogens (primary N) is 1. The van der Waals surface area contributed by atoms with Crippen molar-refractivity contribution >= 4 is 17.4 Å². The number of likely N-dealkylation sites (tertiary alicyclic amines) is 1. The Bertz CT molecular complexity index is 416. The van der Waals surface area contributed by atoms with Crippen LogP contribution in [0.1, 0.15) is 18.5 Å². The summed E-state index contributed by atoms with van der Waals surface area (Å²) in [4.78, 5) is 9.00. The lowest BCUT2D eigenvalue weighted by Gasteiger charge is -2.31. The van der Waals surface area contributed by atoms with E-state index in [0.29, 0.717) is 10.8 Å². The Hall–Kier alpha value is -0.840. The number of pyridine rings is 1. The fraction of sp³-hybridized carbons (Fsp3) is 0.643. The molecule has 106 valence electrons. The van der Waals surface area contributed by atoms with Crippen LogP contribution >= 0.6 is 11.6 Å². The first-order valence-electron chi connectivity index (χ1n) is 6.82. The van der Waals surface area contributed by atoms with Crippen molar-refractivity contribution in [2.45, 2.75) is 19.4 Å². The molecule has 0 radical (unpaired) electrons. The lowest BCUT2D eigenvalue weighted by Crippen LogP contribution is -2.35. The number of nitrogens with zero attached hydrogens (tertiary/aromatic N) is 3. The Morgan fingerprint density at radius 2 is 2.11 bits per heavy atom. The van der Waals surface area contributed by atoms with Gasteiger partial charge in [0, 0.05) is 13.1 Å². The Balaban J connectivity index is 1.87. The number of aromatic nitrogens is 1. The zero-order valence-electron chi connectivity index (χ0n) is 11.8. The van der Waals surface area contributed by atoms with Crippen LogP contribution in [-0.2, 0) is 6.54 Å². The first-order chi connectivity index (χ1) is 9.04. The third-order valence-corrected chi connectivity index (χ3v) is 4.11. The van der Waals surface area contributed by atoms with Crippen molar-refractivity contribution in [3.05, 3.63) is 22.8 Å². The van der Waals surface area contributed by atoms with E-state index in [1.54, 1.807) is 6.07 Å². The van der Waals surface area contributed by atoms with Gasteiger partial charge >= 0.3 is 0 Å². The highest BCUT2D eigenvalue weighted by Crippen LogP contribution is 2.20. The SMILES string of the molecule is CN1CCC(CN(C)Cc2nc(N)ccc2Cl)CC1. The molecule has 0 saturated carbocycles. The molecule has 5 heteroatoms. The molecule has 0 aliphatic carbocycles. The quantitative estimate of drug-likeness (QED) is 0.919. The maximum absolute atomic E-state index is 6.15. The van der Waals surface area contributed by atoms with Crippen LogP contribution in [0.3, 0.4) is 0 Å². The molecule has 0 unspecified atom stereocenters. The summed E-state index contributed by atoms with van der Waals surface area (Å²) in [5.74, 6) is 1.31. The fourth-order valence-electron chi connectivity index (χ4n) is 2.62. The molecule has 2 heterocycles. The predicted octanol–water partition coefficient (Wildman–Crippen LogP) is 2.09. The Labute approximate surface area is 120 Å². The minimum Gasteiger partial charge on any atom is -0.384 e. The second kappa shape index (κ2) is 6.55. The van der Waals surface area contributed by atoms with Gasteiger partial charge in [-0.3, -0.25) is 0 Å². The molecular weight excluding hydrogens is 260 g/mol. The summed E-state index contributed by atoms with van der Waals surface area (Å²) in [5.41, 5.74) is 6.58. The fourth-order valence-corrected chi connectivity index (χ4v) is 2.78. The summed E-state index contributed by atoms with van der Waals surface area (Å²) in [6.45, 7) is 4.27. The lowest BCUT2D eigenvalue weighted by molar-refractivity contribution is 0.172. The standard InChI is InChI=1S/C14H23ClN4/c1-18-7-5-11(6-8-18)9-19(2)10-13-12(15)3-4-14(16)17-13/h3-4,11H,5-10H2,1-2H3,(H2,16,17). The van der Waals surface area contributed by atoms with Gasteiger partial charge in [0.2, 0.25) is 0 Å². The van der Waals surface area contributed by atoms with E-state index in [1.807, 2.05) is 6.07 Å². The molecule has 0 aromatic carbocycles. The molecule has 1 aromatic rings. The van der Waals surface area contributed by atoms with Crippen LogP contribution in [0.15, 0.2) is 12.1 Å². The number of rotatable bonds is 4. The van der Waals surface area contributed by atoms with Crippen molar-refractivity contribution in [2.75, 3.05) is 39.5 Å². The smallest absolute Gasteiger partial charge is 0.123 e. The molecule has 1 aromatic heterocycles. The van der Waals surface area contributed by atoms with Gasteiger partial charge in [-0.2, -0.15) is 0 Å². The molecular formula is C14H23ClN4. The Morgan fingerprint density at radius 1 is 1.42 bits per heavy atom. The molecule has 0 bridgehead atoms. The minimum absolute atomic E-state index is 0.534. The Kier molecular flexibility index (Phi) is 5.02. The van der Waals surface area contributed by atoms with E-state index in [1.165, 1.54) is 25.9 Å². The zero-order chi connectivity index (χ0) is 13.8. The third kappa shape index (κ3) is 4.34. The first kappa shape index (κ1) is 14.6. The molecule has 4 nitrogen and oxygen atoms in total. The van der Waals surface area contributed by atoms with Gasteiger partial charge < -0.3 is 15.5 Å². The first-order valence-corrected chi connectivity index (χ1v) is 7.20. The molecule has 0 spiro atoms. The van der Waals surface area contributed by atoms with Crippen molar-refractivity contribution in [3.8, 4) is 0 Å². The number of hydrogen-bond acceptors (Lipinski definition) is 4. The van der Waals surface area contributed by atoms with E-state index < -0.39 is 0 Å². The van der Waals surface area contributed by atoms with Crippen LogP contribution in [0.5, 0.6) is 0 Å². The number of halogens is 1. The van der Waals surface area contributed by atoms with E-state index in [9.17, 15) is 0 Å². The number of anilines is 1. The highest BCUT2D eigenvalue weighted by molar-refractivity contribution is 6.31. The van der Waals surface area contributed by atoms with Gasteiger partial charge in [-0.05, 0) is 58.1 Å². The van der Waals surface area contributed by atoms with Crippen molar-refractivity contribution in [1.29, 1.82) is 0 Å². The average Bonchev–Trinajstić information content (AvgIpc) is 2.37. The summed E-state index contributed by atoms with van der Waals surface area (Å²) in [6, 6.07) is 3.56. The topological polar surface area (TPSA) is 45.4 Å². The zero-order valence-corrected chi connectivity index (χ0v) is 12.5. The van der Waals surface area contributed by atoms with Crippen LogP contribution in [-0.4, -0.2) is 48.5 Å². The average molecular weight is 283 g/mol. The molecule has 0 atom stereocenters. The summed E-state index contributed by atoms with van der Waals surface area (Å²) < 4.78 is 0. The Morgan fingerprint density at radius 3 is 2.79 bits per heavy atom. The molecule has 1 saturated heterocycles. The van der Waals surface area contributed by atoms with Crippen molar-refractivity contribution in [3.63, 3.8) is 0 Å². The molecule has 1 aliphatic heterocycles. The summed E-state index contributed by atoms with van der Waals surface area (Å²) in [7, 11) is 4.32. The van der Waals surface area contributed by atoms with Gasteiger partial charge in [0.25, 0.3) is 0 Å². The maximum atomic E-state index is 6.15. The summed E-state index contributed by atoms with van der Waals surface area (Å²) in [6.07, 6.45) is 2.55. The third-order valence-electron chi connectivity index (χ3n) is 3.77. The van der Waals surface area contributed by atoms with Gasteiger partial charge in [0.15, 0.2) is 0 Å². The molecule has 19 heavy (non-hydrogen) atoms. The van der Waals surface area contributed by atoms with Crippen molar-refractivity contribution < 1.29 is 0 Å². The molecule has 1 fully saturated rings. The van der Waals surface area contributed by atoms with Gasteiger partial charge in [0.05, 0.1) is 10.7 Å². The van der Waals surface area contributed by atoms with Crippen molar-refractivity contribution in [2.24, 2.45) is 5.92 Å². The van der Waals surface area contributed by atoms with E-state index in [2.05, 4.69) is 28.9 Å². The summed E-state index contributed by atoms with van der Waals surface area (Å²) in [5, 5.41) is 0.699. The number of hydrogen-bond donors (Lipinski definition) is 1. The molecule has 0 amide bonds. The highest BCUT2D eigenvalue weighted by Gasteiger charge is 2.18. The minimum atomic E-state index is 0.534. The van der Waals surface area contributed by atoms with Crippen LogP contribution in [0.25, 0.3) is 0 Å². The second-order valence-corrected chi connectivity index (χ2v) is 6.02. The van der Waals surface area contributed by atoms with Crippen LogP contribution in [0, 0.1) is 5.92 Å². The molecule has 2 rings (SSSR count). The molecule has 2 N–H and O–H groups in total. The second-order valence-electron chi connectivity index (χ2n) is 5.61. The van der Waals surface area contributed by atoms with Gasteiger partial charge in [0.1, 0.15) is 5.82 Å². The normalized spacial score (nSPS) is 18.1.